The van der Waals surface area contributed by atoms with Crippen LogP contribution >= 0.6 is 0 Å². The number of rotatable bonds is 4. The predicted molar refractivity (Wildman–Crippen MR) is 84.0 cm³/mol. The third-order valence-corrected chi connectivity index (χ3v) is 4.84. The molecule has 3 rings (SSSR count). The van der Waals surface area contributed by atoms with Gasteiger partial charge in [0, 0.05) is 5.41 Å². The lowest BCUT2D eigenvalue weighted by Crippen LogP contribution is -2.23. The lowest BCUT2D eigenvalue weighted by atomic mass is 9.73. The van der Waals surface area contributed by atoms with E-state index in [-0.39, 0.29) is 18.6 Å². The van der Waals surface area contributed by atoms with E-state index in [0.717, 1.165) is 11.1 Å². The van der Waals surface area contributed by atoms with Crippen LogP contribution in [0.4, 0.5) is 0 Å². The van der Waals surface area contributed by atoms with E-state index in [1.54, 1.807) is 0 Å². The maximum Gasteiger partial charge on any atom is 0.0681 e. The molecule has 0 atom stereocenters. The minimum atomic E-state index is 0.0957. The topological polar surface area (TPSA) is 40.5 Å². The van der Waals surface area contributed by atoms with Crippen molar-refractivity contribution in [2.24, 2.45) is 0 Å². The van der Waals surface area contributed by atoms with E-state index < -0.39 is 0 Å². The Morgan fingerprint density at radius 3 is 1.38 bits per heavy atom. The summed E-state index contributed by atoms with van der Waals surface area (Å²) in [5.74, 6) is 0. The van der Waals surface area contributed by atoms with Gasteiger partial charge in [0.25, 0.3) is 0 Å². The lowest BCUT2D eigenvalue weighted by molar-refractivity contribution is 0.281. The van der Waals surface area contributed by atoms with Gasteiger partial charge in [0.2, 0.25) is 0 Å². The van der Waals surface area contributed by atoms with Gasteiger partial charge in [-0.15, -0.1) is 0 Å². The van der Waals surface area contributed by atoms with Crippen molar-refractivity contribution in [3.63, 3.8) is 0 Å². The van der Waals surface area contributed by atoms with E-state index in [0.29, 0.717) is 0 Å². The lowest BCUT2D eigenvalue weighted by Gasteiger charge is -2.31. The van der Waals surface area contributed by atoms with Gasteiger partial charge >= 0.3 is 0 Å². The zero-order valence-corrected chi connectivity index (χ0v) is 12.3. The predicted octanol–water partition coefficient (Wildman–Crippen LogP) is 3.53. The summed E-state index contributed by atoms with van der Waals surface area (Å²) in [5.41, 5.74) is 4.70. The Morgan fingerprint density at radius 1 is 0.667 bits per heavy atom. The molecular weight excluding hydrogens is 260 g/mol. The largest absolute Gasteiger partial charge is 0.392 e. The molecule has 0 aromatic heterocycles. The molecule has 0 spiro atoms. The van der Waals surface area contributed by atoms with Crippen LogP contribution in [0.3, 0.4) is 0 Å². The summed E-state index contributed by atoms with van der Waals surface area (Å²) >= 11 is 0. The standard InChI is InChI=1S/C19H22O2/c20-13-15-3-7-17(8-4-15)19(11-1-2-12-19)18-9-5-16(14-21)6-10-18/h3-10,20-21H,1-2,11-14H2. The summed E-state index contributed by atoms with van der Waals surface area (Å²) in [6, 6.07) is 16.8. The number of aliphatic hydroxyl groups excluding tert-OH is 2. The Kier molecular flexibility index (Phi) is 4.09. The van der Waals surface area contributed by atoms with Crippen molar-refractivity contribution in [1.29, 1.82) is 0 Å². The molecule has 1 saturated carbocycles. The van der Waals surface area contributed by atoms with E-state index in [9.17, 15) is 10.2 Å². The summed E-state index contributed by atoms with van der Waals surface area (Å²) in [4.78, 5) is 0. The average molecular weight is 282 g/mol. The van der Waals surface area contributed by atoms with Crippen LogP contribution in [-0.4, -0.2) is 10.2 Å². The van der Waals surface area contributed by atoms with Crippen LogP contribution in [0.2, 0.25) is 0 Å². The van der Waals surface area contributed by atoms with Crippen molar-refractivity contribution in [2.45, 2.75) is 44.3 Å². The molecule has 0 heterocycles. The van der Waals surface area contributed by atoms with Crippen LogP contribution in [0, 0.1) is 0 Å². The molecule has 2 aromatic rings. The van der Waals surface area contributed by atoms with E-state index >= 15 is 0 Å². The van der Waals surface area contributed by atoms with Gasteiger partial charge in [-0.3, -0.25) is 0 Å². The van der Waals surface area contributed by atoms with Crippen molar-refractivity contribution in [2.75, 3.05) is 0 Å². The second-order valence-electron chi connectivity index (χ2n) is 6.00. The Balaban J connectivity index is 2.01. The van der Waals surface area contributed by atoms with Crippen molar-refractivity contribution in [3.8, 4) is 0 Å². The van der Waals surface area contributed by atoms with Gasteiger partial charge in [0.05, 0.1) is 13.2 Å². The van der Waals surface area contributed by atoms with Crippen molar-refractivity contribution in [3.05, 3.63) is 70.8 Å². The molecule has 1 fully saturated rings. The maximum absolute atomic E-state index is 9.21. The van der Waals surface area contributed by atoms with Crippen LogP contribution in [-0.2, 0) is 18.6 Å². The first kappa shape index (κ1) is 14.3. The second-order valence-corrected chi connectivity index (χ2v) is 6.00. The van der Waals surface area contributed by atoms with Crippen molar-refractivity contribution >= 4 is 0 Å². The molecule has 1 aliphatic carbocycles. The van der Waals surface area contributed by atoms with Gasteiger partial charge in [0.1, 0.15) is 0 Å². The molecule has 0 aliphatic heterocycles. The van der Waals surface area contributed by atoms with E-state index in [4.69, 9.17) is 0 Å². The van der Waals surface area contributed by atoms with E-state index in [1.165, 1.54) is 36.8 Å². The fourth-order valence-electron chi connectivity index (χ4n) is 3.58. The molecular formula is C19H22O2. The van der Waals surface area contributed by atoms with E-state index in [2.05, 4.69) is 24.3 Å². The molecule has 0 amide bonds. The molecule has 0 saturated heterocycles. The summed E-state index contributed by atoms with van der Waals surface area (Å²) in [7, 11) is 0. The minimum absolute atomic E-state index is 0.0957. The SMILES string of the molecule is OCc1ccc(C2(c3ccc(CO)cc3)CCCC2)cc1. The summed E-state index contributed by atoms with van der Waals surface area (Å²) < 4.78 is 0. The van der Waals surface area contributed by atoms with Crippen LogP contribution in [0.5, 0.6) is 0 Å². The second kappa shape index (κ2) is 6.00. The quantitative estimate of drug-likeness (QED) is 0.900. The first-order chi connectivity index (χ1) is 10.3. The fourth-order valence-corrected chi connectivity index (χ4v) is 3.58. The monoisotopic (exact) mass is 282 g/mol. The molecule has 2 heteroatoms. The molecule has 21 heavy (non-hydrogen) atoms. The fraction of sp³-hybridized carbons (Fsp3) is 0.368. The molecule has 1 aliphatic rings. The number of aliphatic hydroxyl groups is 2. The van der Waals surface area contributed by atoms with E-state index in [1.807, 2.05) is 24.3 Å². The smallest absolute Gasteiger partial charge is 0.0681 e. The zero-order valence-electron chi connectivity index (χ0n) is 12.3. The Bertz CT molecular complexity index is 528. The maximum atomic E-state index is 9.21. The molecule has 0 bridgehead atoms. The molecule has 0 unspecified atom stereocenters. The van der Waals surface area contributed by atoms with Crippen LogP contribution < -0.4 is 0 Å². The van der Waals surface area contributed by atoms with Crippen LogP contribution in [0.1, 0.15) is 47.9 Å². The van der Waals surface area contributed by atoms with Gasteiger partial charge in [-0.2, -0.15) is 0 Å². The zero-order chi connectivity index (χ0) is 14.7. The summed E-state index contributed by atoms with van der Waals surface area (Å²) in [5, 5.41) is 18.4. The third kappa shape index (κ3) is 2.61. The number of hydrogen-bond donors (Lipinski definition) is 2. The Labute approximate surface area is 126 Å². The van der Waals surface area contributed by atoms with Crippen LogP contribution in [0.15, 0.2) is 48.5 Å². The molecule has 2 aromatic carbocycles. The van der Waals surface area contributed by atoms with Gasteiger partial charge < -0.3 is 10.2 Å². The molecule has 0 radical (unpaired) electrons. The first-order valence-electron chi connectivity index (χ1n) is 7.69. The minimum Gasteiger partial charge on any atom is -0.392 e. The highest BCUT2D eigenvalue weighted by molar-refractivity contribution is 5.42. The first-order valence-corrected chi connectivity index (χ1v) is 7.69. The Morgan fingerprint density at radius 2 is 1.05 bits per heavy atom. The summed E-state index contributed by atoms with van der Waals surface area (Å²) in [6.07, 6.45) is 4.85. The van der Waals surface area contributed by atoms with Crippen molar-refractivity contribution in [1.82, 2.24) is 0 Å². The average Bonchev–Trinajstić information content (AvgIpc) is 3.06. The third-order valence-electron chi connectivity index (χ3n) is 4.84. The molecule has 110 valence electrons. The highest BCUT2D eigenvalue weighted by atomic mass is 16.3. The van der Waals surface area contributed by atoms with Gasteiger partial charge in [-0.05, 0) is 35.1 Å². The van der Waals surface area contributed by atoms with Gasteiger partial charge in [-0.25, -0.2) is 0 Å². The van der Waals surface area contributed by atoms with Crippen LogP contribution in [0.25, 0.3) is 0 Å². The normalized spacial score (nSPS) is 17.0. The highest BCUT2D eigenvalue weighted by Crippen LogP contribution is 2.46. The Hall–Kier alpha value is -1.64. The molecule has 2 N–H and O–H groups in total. The number of benzene rings is 2. The molecule has 2 nitrogen and oxygen atoms in total. The van der Waals surface area contributed by atoms with Crippen molar-refractivity contribution < 1.29 is 10.2 Å². The van der Waals surface area contributed by atoms with Gasteiger partial charge in [-0.1, -0.05) is 61.4 Å². The van der Waals surface area contributed by atoms with Gasteiger partial charge in [0.15, 0.2) is 0 Å². The highest BCUT2D eigenvalue weighted by Gasteiger charge is 2.37. The summed E-state index contributed by atoms with van der Waals surface area (Å²) in [6.45, 7) is 0.191. The number of hydrogen-bond acceptors (Lipinski definition) is 2.